The number of halogens is 1. The van der Waals surface area contributed by atoms with Gasteiger partial charge in [-0.3, -0.25) is 0 Å². The summed E-state index contributed by atoms with van der Waals surface area (Å²) in [5.74, 6) is -0.267. The highest BCUT2D eigenvalue weighted by atomic mass is 19.1. The molecule has 0 saturated carbocycles. The summed E-state index contributed by atoms with van der Waals surface area (Å²) in [7, 11) is 0. The fourth-order valence-electron chi connectivity index (χ4n) is 1.42. The molecule has 3 heteroatoms. The van der Waals surface area contributed by atoms with Gasteiger partial charge in [0.1, 0.15) is 5.52 Å². The number of aromatic nitrogens is 2. The minimum atomic E-state index is -0.267. The maximum Gasteiger partial charge on any atom is 0.168 e. The predicted molar refractivity (Wildman–Crippen MR) is 53.9 cm³/mol. The molecule has 2 nitrogen and oxygen atoms in total. The zero-order chi connectivity index (χ0) is 10.3. The van der Waals surface area contributed by atoms with Crippen molar-refractivity contribution < 1.29 is 4.39 Å². The van der Waals surface area contributed by atoms with Gasteiger partial charge in [0.15, 0.2) is 5.82 Å². The maximum absolute atomic E-state index is 13.2. The van der Waals surface area contributed by atoms with Crippen LogP contribution in [0.3, 0.4) is 0 Å². The molecule has 2 aromatic heterocycles. The number of fused-ring (bicyclic) bond motifs is 1. The van der Waals surface area contributed by atoms with Gasteiger partial charge < -0.3 is 0 Å². The summed E-state index contributed by atoms with van der Waals surface area (Å²) in [5, 5.41) is 3.88. The predicted octanol–water partition coefficient (Wildman–Crippen LogP) is 2.77. The molecule has 14 heavy (non-hydrogen) atoms. The van der Waals surface area contributed by atoms with Crippen molar-refractivity contribution in [1.82, 2.24) is 9.61 Å². The van der Waals surface area contributed by atoms with Crippen LogP contribution < -0.4 is 0 Å². The van der Waals surface area contributed by atoms with Crippen molar-refractivity contribution in [3.63, 3.8) is 0 Å². The van der Waals surface area contributed by atoms with Crippen molar-refractivity contribution in [2.45, 2.75) is 26.2 Å². The average Bonchev–Trinajstić information content (AvgIpc) is 2.46. The molecule has 2 rings (SSSR count). The van der Waals surface area contributed by atoms with Crippen LogP contribution in [0.2, 0.25) is 0 Å². The highest BCUT2D eigenvalue weighted by molar-refractivity contribution is 5.50. The molecule has 0 amide bonds. The first-order valence-electron chi connectivity index (χ1n) is 4.62. The number of nitrogens with zero attached hydrogens (tertiary/aromatic N) is 2. The SMILES string of the molecule is CC(C)(C)c1ccn2ncc(F)c2c1. The molecule has 0 N–H and O–H groups in total. The molecule has 2 heterocycles. The Hall–Kier alpha value is -1.38. The second kappa shape index (κ2) is 2.80. The molecule has 74 valence electrons. The molecule has 0 unspecified atom stereocenters. The summed E-state index contributed by atoms with van der Waals surface area (Å²) in [4.78, 5) is 0. The van der Waals surface area contributed by atoms with E-state index < -0.39 is 0 Å². The third-order valence-electron chi connectivity index (χ3n) is 2.34. The van der Waals surface area contributed by atoms with E-state index in [1.54, 1.807) is 10.7 Å². The third kappa shape index (κ3) is 1.39. The first-order valence-corrected chi connectivity index (χ1v) is 4.62. The van der Waals surface area contributed by atoms with Gasteiger partial charge in [0.2, 0.25) is 0 Å². The van der Waals surface area contributed by atoms with Crippen LogP contribution in [0, 0.1) is 5.82 Å². The van der Waals surface area contributed by atoms with Crippen LogP contribution in [0.15, 0.2) is 24.5 Å². The Labute approximate surface area is 82.4 Å². The smallest absolute Gasteiger partial charge is 0.168 e. The maximum atomic E-state index is 13.2. The van der Waals surface area contributed by atoms with Crippen molar-refractivity contribution in [2.24, 2.45) is 0 Å². The molecule has 0 aliphatic rings. The van der Waals surface area contributed by atoms with Crippen LogP contribution in [0.25, 0.3) is 5.52 Å². The van der Waals surface area contributed by atoms with Crippen LogP contribution in [0.4, 0.5) is 4.39 Å². The van der Waals surface area contributed by atoms with Crippen molar-refractivity contribution >= 4 is 5.52 Å². The summed E-state index contributed by atoms with van der Waals surface area (Å²) in [6, 6.07) is 3.82. The van der Waals surface area contributed by atoms with Crippen LogP contribution in [0.1, 0.15) is 26.3 Å². The molecule has 0 radical (unpaired) electrons. The van der Waals surface area contributed by atoms with Gasteiger partial charge in [0.25, 0.3) is 0 Å². The van der Waals surface area contributed by atoms with Crippen molar-refractivity contribution in [2.75, 3.05) is 0 Å². The molecular weight excluding hydrogens is 179 g/mol. The Morgan fingerprint density at radius 3 is 2.71 bits per heavy atom. The fraction of sp³-hybridized carbons (Fsp3) is 0.364. The molecule has 0 saturated heterocycles. The Kier molecular flexibility index (Phi) is 1.84. The van der Waals surface area contributed by atoms with E-state index in [-0.39, 0.29) is 11.2 Å². The Bertz CT molecular complexity index is 466. The number of hydrogen-bond acceptors (Lipinski definition) is 1. The van der Waals surface area contributed by atoms with E-state index in [0.29, 0.717) is 5.52 Å². The topological polar surface area (TPSA) is 17.3 Å². The van der Waals surface area contributed by atoms with Gasteiger partial charge in [-0.2, -0.15) is 5.10 Å². The molecule has 0 aromatic carbocycles. The molecule has 0 aliphatic carbocycles. The minimum Gasteiger partial charge on any atom is -0.238 e. The van der Waals surface area contributed by atoms with Crippen molar-refractivity contribution in [1.29, 1.82) is 0 Å². The molecule has 0 atom stereocenters. The largest absolute Gasteiger partial charge is 0.238 e. The van der Waals surface area contributed by atoms with Gasteiger partial charge in [-0.25, -0.2) is 8.91 Å². The zero-order valence-corrected chi connectivity index (χ0v) is 8.58. The van der Waals surface area contributed by atoms with E-state index in [2.05, 4.69) is 25.9 Å². The van der Waals surface area contributed by atoms with E-state index in [9.17, 15) is 4.39 Å². The van der Waals surface area contributed by atoms with E-state index in [4.69, 9.17) is 0 Å². The van der Waals surface area contributed by atoms with Crippen molar-refractivity contribution in [3.05, 3.63) is 35.9 Å². The standard InChI is InChI=1S/C11H13FN2/c1-11(2,3)8-4-5-14-10(6-8)9(12)7-13-14/h4-7H,1-3H3. The average molecular weight is 192 g/mol. The van der Waals surface area contributed by atoms with Gasteiger partial charge in [-0.15, -0.1) is 0 Å². The van der Waals surface area contributed by atoms with Crippen molar-refractivity contribution in [3.8, 4) is 0 Å². The monoisotopic (exact) mass is 192 g/mol. The van der Waals surface area contributed by atoms with Crippen LogP contribution >= 0.6 is 0 Å². The van der Waals surface area contributed by atoms with Crippen LogP contribution in [0.5, 0.6) is 0 Å². The number of rotatable bonds is 0. The first-order chi connectivity index (χ1) is 6.48. The zero-order valence-electron chi connectivity index (χ0n) is 8.58. The summed E-state index contributed by atoms with van der Waals surface area (Å²) >= 11 is 0. The van der Waals surface area contributed by atoms with Gasteiger partial charge >= 0.3 is 0 Å². The third-order valence-corrected chi connectivity index (χ3v) is 2.34. The number of hydrogen-bond donors (Lipinski definition) is 0. The lowest BCUT2D eigenvalue weighted by atomic mass is 9.87. The quantitative estimate of drug-likeness (QED) is 0.627. The lowest BCUT2D eigenvalue weighted by molar-refractivity contribution is 0.588. The first kappa shape index (κ1) is 9.19. The molecule has 0 spiro atoms. The van der Waals surface area contributed by atoms with Gasteiger partial charge in [0, 0.05) is 6.20 Å². The Morgan fingerprint density at radius 2 is 2.07 bits per heavy atom. The Morgan fingerprint density at radius 1 is 1.36 bits per heavy atom. The lowest BCUT2D eigenvalue weighted by Gasteiger charge is -2.18. The second-order valence-corrected chi connectivity index (χ2v) is 4.49. The summed E-state index contributed by atoms with van der Waals surface area (Å²) in [6.45, 7) is 6.31. The second-order valence-electron chi connectivity index (χ2n) is 4.49. The summed E-state index contributed by atoms with van der Waals surface area (Å²) in [5.41, 5.74) is 1.69. The van der Waals surface area contributed by atoms with Gasteiger partial charge in [0.05, 0.1) is 6.20 Å². The van der Waals surface area contributed by atoms with E-state index in [1.165, 1.54) is 6.20 Å². The highest BCUT2D eigenvalue weighted by Crippen LogP contribution is 2.23. The molecular formula is C11H13FN2. The molecule has 0 fully saturated rings. The van der Waals surface area contributed by atoms with Crippen LogP contribution in [-0.4, -0.2) is 9.61 Å². The molecule has 0 aliphatic heterocycles. The summed E-state index contributed by atoms with van der Waals surface area (Å²) < 4.78 is 14.8. The fourth-order valence-corrected chi connectivity index (χ4v) is 1.42. The highest BCUT2D eigenvalue weighted by Gasteiger charge is 2.15. The lowest BCUT2D eigenvalue weighted by Crippen LogP contribution is -2.11. The Balaban J connectivity index is 2.66. The minimum absolute atomic E-state index is 0.0401. The van der Waals surface area contributed by atoms with Gasteiger partial charge in [-0.05, 0) is 23.1 Å². The van der Waals surface area contributed by atoms with Gasteiger partial charge in [-0.1, -0.05) is 20.8 Å². The molecule has 0 bridgehead atoms. The van der Waals surface area contributed by atoms with E-state index in [1.807, 2.05) is 12.1 Å². The van der Waals surface area contributed by atoms with E-state index in [0.717, 1.165) is 5.56 Å². The molecule has 2 aromatic rings. The normalized spacial score (nSPS) is 12.3. The van der Waals surface area contributed by atoms with Crippen LogP contribution in [-0.2, 0) is 5.41 Å². The summed E-state index contributed by atoms with van der Waals surface area (Å²) in [6.07, 6.45) is 3.03. The number of pyridine rings is 1. The van der Waals surface area contributed by atoms with E-state index >= 15 is 0 Å².